The van der Waals surface area contributed by atoms with Crippen LogP contribution in [-0.4, -0.2) is 108 Å². The van der Waals surface area contributed by atoms with Crippen LogP contribution in [0.4, 0.5) is 0 Å². The zero-order valence-electron chi connectivity index (χ0n) is 41.4. The van der Waals surface area contributed by atoms with Gasteiger partial charge in [0, 0.05) is 0 Å². The van der Waals surface area contributed by atoms with Crippen LogP contribution < -0.4 is 5.32 Å². The Bertz CT molecular complexity index is 1270. The summed E-state index contributed by atoms with van der Waals surface area (Å²) in [7, 11) is -5.15. The molecule has 0 aromatic heterocycles. The number of allylic oxidation sites excluding steroid dienone is 5. The number of nitrogens with one attached hydrogen (secondary N) is 1. The van der Waals surface area contributed by atoms with Gasteiger partial charge in [-0.3, -0.25) is 13.8 Å². The van der Waals surface area contributed by atoms with Gasteiger partial charge in [0.2, 0.25) is 5.91 Å². The van der Waals surface area contributed by atoms with E-state index in [4.69, 9.17) is 9.05 Å². The Morgan fingerprint density at radius 3 is 1.33 bits per heavy atom. The van der Waals surface area contributed by atoms with E-state index in [-0.39, 0.29) is 6.42 Å². The minimum absolute atomic E-state index is 0.253. The van der Waals surface area contributed by atoms with Gasteiger partial charge < -0.3 is 46.0 Å². The van der Waals surface area contributed by atoms with Crippen molar-refractivity contribution >= 4 is 13.7 Å². The van der Waals surface area contributed by atoms with Gasteiger partial charge in [-0.15, -0.1) is 0 Å². The number of hydrogen-bond donors (Lipinski definition) is 9. The van der Waals surface area contributed by atoms with Crippen LogP contribution in [-0.2, 0) is 18.4 Å². The first-order chi connectivity index (χ1) is 31.8. The summed E-state index contributed by atoms with van der Waals surface area (Å²) in [6.45, 7) is 3.73. The topological polar surface area (TPSA) is 226 Å². The molecule has 1 amide bonds. The molecule has 9 N–H and O–H groups in total. The minimum Gasteiger partial charge on any atom is -0.393 e. The summed E-state index contributed by atoms with van der Waals surface area (Å²) < 4.78 is 22.9. The first kappa shape index (κ1) is 62.5. The van der Waals surface area contributed by atoms with E-state index in [1.54, 1.807) is 6.08 Å². The number of phosphoric ester groups is 1. The van der Waals surface area contributed by atoms with Gasteiger partial charge in [-0.1, -0.05) is 211 Å². The molecule has 1 aliphatic rings. The van der Waals surface area contributed by atoms with Crippen molar-refractivity contribution in [1.29, 1.82) is 0 Å². The molecule has 1 aliphatic carbocycles. The maximum absolute atomic E-state index is 13.0. The number of carbonyl (C=O) groups excluding carboxylic acids is 1. The quantitative estimate of drug-likeness (QED) is 0.0158. The lowest BCUT2D eigenvalue weighted by Gasteiger charge is -2.41. The van der Waals surface area contributed by atoms with Crippen LogP contribution in [0.5, 0.6) is 0 Å². The van der Waals surface area contributed by atoms with Crippen LogP contribution in [0.3, 0.4) is 0 Å². The van der Waals surface area contributed by atoms with Gasteiger partial charge in [-0.2, -0.15) is 0 Å². The summed E-state index contributed by atoms with van der Waals surface area (Å²) in [5.74, 6) is -0.604. The Morgan fingerprint density at radius 2 is 0.894 bits per heavy atom. The van der Waals surface area contributed by atoms with E-state index in [0.29, 0.717) is 19.3 Å². The molecule has 0 aromatic rings. The smallest absolute Gasteiger partial charge is 0.393 e. The van der Waals surface area contributed by atoms with E-state index in [1.807, 2.05) is 0 Å². The molecule has 66 heavy (non-hydrogen) atoms. The van der Waals surface area contributed by atoms with Crippen LogP contribution in [0, 0.1) is 0 Å². The lowest BCUT2D eigenvalue weighted by atomic mass is 9.85. The third-order valence-electron chi connectivity index (χ3n) is 12.7. The standard InChI is InChI=1S/C52H98NO12P/c1-3-5-7-9-11-13-15-17-19-20-21-22-23-24-26-27-29-31-33-35-37-39-43(54)41-46(56)53-44(42-64-66(62,63)65-52-50(60)48(58)47(57)49(59)51(52)61)45(55)40-38-36-34-32-30-28-25-18-16-14-12-10-8-6-4-2/h16,18,30,32,38,40,43-45,47-52,54-55,57-61H,3-15,17,19-29,31,33-37,39,41-42H2,1-2H3,(H,53,56)(H,62,63)/b18-16+,32-30+,40-38+. The van der Waals surface area contributed by atoms with E-state index < -0.39 is 75.2 Å². The normalized spacial score (nSPS) is 22.6. The molecule has 1 saturated carbocycles. The molecule has 388 valence electrons. The van der Waals surface area contributed by atoms with Gasteiger partial charge in [0.05, 0.1) is 31.3 Å². The van der Waals surface area contributed by atoms with E-state index in [2.05, 4.69) is 43.5 Å². The highest BCUT2D eigenvalue weighted by atomic mass is 31.2. The highest BCUT2D eigenvalue weighted by molar-refractivity contribution is 7.47. The van der Waals surface area contributed by atoms with Crippen molar-refractivity contribution in [3.63, 3.8) is 0 Å². The molecule has 0 spiro atoms. The number of aliphatic hydroxyl groups excluding tert-OH is 7. The minimum atomic E-state index is -5.15. The Hall–Kier alpha value is -1.48. The SMILES string of the molecule is CCCCCCC/C=C/CC/C=C/CC/C=C/C(O)C(COP(=O)(O)OC1C(O)C(O)C(O)C(O)C1O)NC(=O)CC(O)CCCCCCCCCCCCCCCCCCCCCCC. The first-order valence-corrected chi connectivity index (χ1v) is 28.0. The Labute approximate surface area is 400 Å². The Morgan fingerprint density at radius 1 is 0.530 bits per heavy atom. The number of unbranched alkanes of at least 4 members (excludes halogenated alkanes) is 27. The summed E-state index contributed by atoms with van der Waals surface area (Å²) in [4.78, 5) is 23.5. The largest absolute Gasteiger partial charge is 0.472 e. The third-order valence-corrected chi connectivity index (χ3v) is 13.7. The molecule has 0 radical (unpaired) electrons. The number of carbonyl (C=O) groups is 1. The fourth-order valence-electron chi connectivity index (χ4n) is 8.39. The van der Waals surface area contributed by atoms with Gasteiger partial charge in [0.25, 0.3) is 0 Å². The van der Waals surface area contributed by atoms with Crippen molar-refractivity contribution < 1.29 is 59.0 Å². The lowest BCUT2D eigenvalue weighted by Crippen LogP contribution is -2.64. The van der Waals surface area contributed by atoms with Gasteiger partial charge in [0.15, 0.2) is 0 Å². The molecule has 0 aromatic carbocycles. The van der Waals surface area contributed by atoms with Crippen LogP contribution >= 0.6 is 7.82 Å². The fraction of sp³-hybridized carbons (Fsp3) is 0.865. The van der Waals surface area contributed by atoms with Crippen LogP contribution in [0.2, 0.25) is 0 Å². The van der Waals surface area contributed by atoms with Crippen molar-refractivity contribution in [3.8, 4) is 0 Å². The van der Waals surface area contributed by atoms with Gasteiger partial charge >= 0.3 is 7.82 Å². The lowest BCUT2D eigenvalue weighted by molar-refractivity contribution is -0.220. The van der Waals surface area contributed by atoms with Crippen LogP contribution in [0.15, 0.2) is 36.5 Å². The number of hydrogen-bond acceptors (Lipinski definition) is 11. The molecular formula is C52H98NO12P. The predicted molar refractivity (Wildman–Crippen MR) is 266 cm³/mol. The Kier molecular flexibility index (Phi) is 39.1. The third kappa shape index (κ3) is 32.4. The van der Waals surface area contributed by atoms with Crippen molar-refractivity contribution in [1.82, 2.24) is 5.32 Å². The molecule has 1 rings (SSSR count). The van der Waals surface area contributed by atoms with E-state index in [0.717, 1.165) is 44.9 Å². The molecule has 1 fully saturated rings. The average Bonchev–Trinajstić information content (AvgIpc) is 3.29. The van der Waals surface area contributed by atoms with E-state index >= 15 is 0 Å². The summed E-state index contributed by atoms with van der Waals surface area (Å²) in [6, 6.07) is -1.26. The van der Waals surface area contributed by atoms with E-state index in [9.17, 15) is 50.0 Å². The number of phosphoric acid groups is 1. The first-order valence-electron chi connectivity index (χ1n) is 26.5. The second-order valence-corrected chi connectivity index (χ2v) is 20.3. The summed E-state index contributed by atoms with van der Waals surface area (Å²) in [5, 5.41) is 74.6. The molecule has 0 bridgehead atoms. The highest BCUT2D eigenvalue weighted by Crippen LogP contribution is 2.47. The second kappa shape index (κ2) is 41.3. The maximum Gasteiger partial charge on any atom is 0.472 e. The van der Waals surface area contributed by atoms with Gasteiger partial charge in [-0.25, -0.2) is 4.57 Å². The monoisotopic (exact) mass is 960 g/mol. The zero-order valence-corrected chi connectivity index (χ0v) is 42.3. The predicted octanol–water partition coefficient (Wildman–Crippen LogP) is 10.1. The number of rotatable bonds is 44. The maximum atomic E-state index is 13.0. The van der Waals surface area contributed by atoms with Gasteiger partial charge in [-0.05, 0) is 44.9 Å². The van der Waals surface area contributed by atoms with Crippen LogP contribution in [0.1, 0.15) is 226 Å². The summed E-state index contributed by atoms with van der Waals surface area (Å²) in [6.07, 6.45) is 35.2. The zero-order chi connectivity index (χ0) is 48.7. The Balaban J connectivity index is 2.45. The molecule has 0 heterocycles. The number of aliphatic hydroxyl groups is 7. The van der Waals surface area contributed by atoms with E-state index in [1.165, 1.54) is 147 Å². The molecule has 13 nitrogen and oxygen atoms in total. The number of amides is 1. The highest BCUT2D eigenvalue weighted by Gasteiger charge is 2.51. The average molecular weight is 960 g/mol. The molecule has 0 saturated heterocycles. The van der Waals surface area contributed by atoms with Crippen molar-refractivity contribution in [2.45, 2.75) is 281 Å². The summed E-state index contributed by atoms with van der Waals surface area (Å²) in [5.41, 5.74) is 0. The molecule has 8 atom stereocenters. The van der Waals surface area contributed by atoms with Crippen molar-refractivity contribution in [3.05, 3.63) is 36.5 Å². The molecular weight excluding hydrogens is 862 g/mol. The molecule has 0 aliphatic heterocycles. The van der Waals surface area contributed by atoms with Crippen LogP contribution in [0.25, 0.3) is 0 Å². The van der Waals surface area contributed by atoms with Gasteiger partial charge in [0.1, 0.15) is 36.6 Å². The summed E-state index contributed by atoms with van der Waals surface area (Å²) >= 11 is 0. The molecule has 14 heteroatoms. The molecule has 8 unspecified atom stereocenters. The fourth-order valence-corrected chi connectivity index (χ4v) is 9.36. The van der Waals surface area contributed by atoms with Crippen molar-refractivity contribution in [2.24, 2.45) is 0 Å². The second-order valence-electron chi connectivity index (χ2n) is 18.9. The van der Waals surface area contributed by atoms with Crippen molar-refractivity contribution in [2.75, 3.05) is 6.61 Å².